The highest BCUT2D eigenvalue weighted by molar-refractivity contribution is 14.1. The highest BCUT2D eigenvalue weighted by Crippen LogP contribution is 2.26. The van der Waals surface area contributed by atoms with E-state index in [2.05, 4.69) is 61.2 Å². The van der Waals surface area contributed by atoms with Crippen LogP contribution in [-0.4, -0.2) is 9.78 Å². The molecule has 96 valence electrons. The Labute approximate surface area is 128 Å². The quantitative estimate of drug-likeness (QED) is 0.454. The van der Waals surface area contributed by atoms with Crippen LogP contribution in [0.3, 0.4) is 0 Å². The molecule has 0 saturated heterocycles. The van der Waals surface area contributed by atoms with E-state index in [-0.39, 0.29) is 6.04 Å². The summed E-state index contributed by atoms with van der Waals surface area (Å²) in [6.07, 6.45) is 4.70. The van der Waals surface area contributed by atoms with Crippen molar-refractivity contribution < 1.29 is 0 Å². The maximum Gasteiger partial charge on any atom is 0.0522 e. The molecule has 1 aromatic heterocycles. The molecular weight excluding hydrogens is 407 g/mol. The van der Waals surface area contributed by atoms with Gasteiger partial charge >= 0.3 is 0 Å². The van der Waals surface area contributed by atoms with Crippen molar-refractivity contribution in [2.75, 3.05) is 0 Å². The number of nitrogens with one attached hydrogen (secondary N) is 1. The van der Waals surface area contributed by atoms with E-state index in [1.54, 1.807) is 4.68 Å². The summed E-state index contributed by atoms with van der Waals surface area (Å²) < 4.78 is 4.06. The lowest BCUT2D eigenvalue weighted by atomic mass is 10.0. The van der Waals surface area contributed by atoms with Crippen molar-refractivity contribution in [3.8, 4) is 0 Å². The molecule has 3 N–H and O–H groups in total. The van der Waals surface area contributed by atoms with Crippen LogP contribution >= 0.6 is 38.5 Å². The van der Waals surface area contributed by atoms with E-state index in [0.29, 0.717) is 0 Å². The zero-order chi connectivity index (χ0) is 13.1. The first-order valence-corrected chi connectivity index (χ1v) is 7.36. The summed E-state index contributed by atoms with van der Waals surface area (Å²) in [6.45, 7) is 0. The second-order valence-electron chi connectivity index (χ2n) is 4.11. The highest BCUT2D eigenvalue weighted by Gasteiger charge is 2.15. The van der Waals surface area contributed by atoms with Gasteiger partial charge in [-0.15, -0.1) is 0 Å². The summed E-state index contributed by atoms with van der Waals surface area (Å²) in [4.78, 5) is 0. The van der Waals surface area contributed by atoms with Crippen LogP contribution < -0.4 is 11.3 Å². The first-order valence-electron chi connectivity index (χ1n) is 5.48. The van der Waals surface area contributed by atoms with Gasteiger partial charge in [0.05, 0.1) is 12.2 Å². The van der Waals surface area contributed by atoms with Gasteiger partial charge in [-0.2, -0.15) is 5.10 Å². The van der Waals surface area contributed by atoms with Gasteiger partial charge in [-0.3, -0.25) is 16.0 Å². The van der Waals surface area contributed by atoms with E-state index in [1.165, 1.54) is 9.13 Å². The molecule has 0 bridgehead atoms. The van der Waals surface area contributed by atoms with Gasteiger partial charge in [0.15, 0.2) is 0 Å². The monoisotopic (exact) mass is 420 g/mol. The van der Waals surface area contributed by atoms with E-state index in [4.69, 9.17) is 5.84 Å². The lowest BCUT2D eigenvalue weighted by Gasteiger charge is -2.17. The molecule has 0 spiro atoms. The van der Waals surface area contributed by atoms with Crippen LogP contribution in [0.15, 0.2) is 35.1 Å². The fourth-order valence-corrected chi connectivity index (χ4v) is 2.94. The smallest absolute Gasteiger partial charge is 0.0522 e. The van der Waals surface area contributed by atoms with Gasteiger partial charge in [0.1, 0.15) is 0 Å². The molecular formula is C12H14BrIN4. The van der Waals surface area contributed by atoms with Crippen LogP contribution in [-0.2, 0) is 13.5 Å². The Morgan fingerprint density at radius 1 is 1.56 bits per heavy atom. The van der Waals surface area contributed by atoms with E-state index in [9.17, 15) is 0 Å². The van der Waals surface area contributed by atoms with Crippen LogP contribution in [0, 0.1) is 3.57 Å². The average Bonchev–Trinajstić information content (AvgIpc) is 2.75. The Kier molecular flexibility index (Phi) is 4.77. The first-order chi connectivity index (χ1) is 8.60. The topological polar surface area (TPSA) is 55.9 Å². The van der Waals surface area contributed by atoms with Crippen molar-refractivity contribution in [1.29, 1.82) is 0 Å². The molecule has 18 heavy (non-hydrogen) atoms. The number of hydrogen-bond acceptors (Lipinski definition) is 3. The average molecular weight is 421 g/mol. The second-order valence-corrected chi connectivity index (χ2v) is 6.19. The lowest BCUT2D eigenvalue weighted by Crippen LogP contribution is -2.30. The number of aryl methyl sites for hydroxylation is 1. The van der Waals surface area contributed by atoms with Gasteiger partial charge in [0, 0.05) is 21.3 Å². The molecule has 0 saturated carbocycles. The molecule has 6 heteroatoms. The van der Waals surface area contributed by atoms with Gasteiger partial charge in [-0.05, 0) is 58.3 Å². The Morgan fingerprint density at radius 3 is 2.94 bits per heavy atom. The molecule has 0 amide bonds. The van der Waals surface area contributed by atoms with Crippen LogP contribution in [0.5, 0.6) is 0 Å². The highest BCUT2D eigenvalue weighted by atomic mass is 127. The predicted molar refractivity (Wildman–Crippen MR) is 83.8 cm³/mol. The molecule has 1 unspecified atom stereocenters. The van der Waals surface area contributed by atoms with Gasteiger partial charge in [0.2, 0.25) is 0 Å². The van der Waals surface area contributed by atoms with Crippen molar-refractivity contribution in [2.45, 2.75) is 12.5 Å². The molecule has 0 aliphatic rings. The number of aromatic nitrogens is 2. The number of nitrogens with two attached hydrogens (primary N) is 1. The molecule has 0 fully saturated rings. The minimum absolute atomic E-state index is 0.0820. The summed E-state index contributed by atoms with van der Waals surface area (Å²) in [5.41, 5.74) is 5.24. The zero-order valence-corrected chi connectivity index (χ0v) is 13.6. The molecule has 1 atom stereocenters. The van der Waals surface area contributed by atoms with Crippen molar-refractivity contribution >= 4 is 38.5 Å². The van der Waals surface area contributed by atoms with E-state index in [1.807, 2.05) is 25.5 Å². The third-order valence-corrected chi connectivity index (χ3v) is 4.21. The van der Waals surface area contributed by atoms with Crippen LogP contribution in [0.25, 0.3) is 0 Å². The number of halogens is 2. The normalized spacial score (nSPS) is 12.7. The minimum atomic E-state index is 0.0820. The van der Waals surface area contributed by atoms with E-state index < -0.39 is 0 Å². The van der Waals surface area contributed by atoms with Gasteiger partial charge in [-0.1, -0.05) is 15.9 Å². The maximum atomic E-state index is 5.68. The van der Waals surface area contributed by atoms with Crippen molar-refractivity contribution in [3.05, 3.63) is 49.8 Å². The molecule has 4 nitrogen and oxygen atoms in total. The summed E-state index contributed by atoms with van der Waals surface area (Å²) >= 11 is 5.82. The summed E-state index contributed by atoms with van der Waals surface area (Å²) in [5.74, 6) is 5.68. The Bertz CT molecular complexity index is 541. The second kappa shape index (κ2) is 6.14. The number of hydrazine groups is 1. The summed E-state index contributed by atoms with van der Waals surface area (Å²) in [6, 6.07) is 6.29. The van der Waals surface area contributed by atoms with Crippen molar-refractivity contribution in [3.63, 3.8) is 0 Å². The molecule has 1 heterocycles. The minimum Gasteiger partial charge on any atom is -0.276 e. The number of benzene rings is 1. The third-order valence-electron chi connectivity index (χ3n) is 2.73. The molecule has 2 aromatic rings. The fourth-order valence-electron chi connectivity index (χ4n) is 1.85. The number of hydrogen-bond donors (Lipinski definition) is 2. The molecule has 0 radical (unpaired) electrons. The molecule has 0 aliphatic carbocycles. The maximum absolute atomic E-state index is 5.68. The standard InChI is InChI=1S/C12H14BrIN4/c1-18-7-8(6-16-18)4-12(17-15)10-5-9(13)2-3-11(10)14/h2-3,5-7,12,17H,4,15H2,1H3. The Hall–Kier alpha value is -0.440. The van der Waals surface area contributed by atoms with E-state index in [0.717, 1.165) is 16.5 Å². The molecule has 2 rings (SSSR count). The van der Waals surface area contributed by atoms with Crippen LogP contribution in [0.4, 0.5) is 0 Å². The lowest BCUT2D eigenvalue weighted by molar-refractivity contribution is 0.549. The Morgan fingerprint density at radius 2 is 2.33 bits per heavy atom. The largest absolute Gasteiger partial charge is 0.276 e. The van der Waals surface area contributed by atoms with E-state index >= 15 is 0 Å². The Balaban J connectivity index is 2.25. The van der Waals surface area contributed by atoms with Crippen molar-refractivity contribution in [2.24, 2.45) is 12.9 Å². The van der Waals surface area contributed by atoms with Crippen LogP contribution in [0.1, 0.15) is 17.2 Å². The van der Waals surface area contributed by atoms with Gasteiger partial charge in [0.25, 0.3) is 0 Å². The number of rotatable bonds is 4. The SMILES string of the molecule is Cn1cc(CC(NN)c2cc(Br)ccc2I)cn1. The van der Waals surface area contributed by atoms with Gasteiger partial charge < -0.3 is 0 Å². The fraction of sp³-hybridized carbons (Fsp3) is 0.250. The van der Waals surface area contributed by atoms with Crippen molar-refractivity contribution in [1.82, 2.24) is 15.2 Å². The first kappa shape index (κ1) is 14.0. The predicted octanol–water partition coefficient (Wildman–Crippen LogP) is 2.53. The van der Waals surface area contributed by atoms with Crippen LogP contribution in [0.2, 0.25) is 0 Å². The molecule has 1 aromatic carbocycles. The van der Waals surface area contributed by atoms with Gasteiger partial charge in [-0.25, -0.2) is 0 Å². The number of nitrogens with zero attached hydrogens (tertiary/aromatic N) is 2. The third kappa shape index (κ3) is 3.31. The summed E-state index contributed by atoms with van der Waals surface area (Å²) in [7, 11) is 1.91. The molecule has 0 aliphatic heterocycles. The summed E-state index contributed by atoms with van der Waals surface area (Å²) in [5, 5.41) is 4.17. The zero-order valence-electron chi connectivity index (χ0n) is 9.90.